The molecule has 24 heavy (non-hydrogen) atoms. The molecule has 2 heterocycles. The highest BCUT2D eigenvalue weighted by Crippen LogP contribution is 2.27. The van der Waals surface area contributed by atoms with Gasteiger partial charge in [-0.15, -0.1) is 16.8 Å². The highest BCUT2D eigenvalue weighted by atomic mass is 32.2. The Hall–Kier alpha value is -2.19. The molecular weight excluding hydrogens is 342 g/mol. The molecule has 0 saturated carbocycles. The fourth-order valence-electron chi connectivity index (χ4n) is 2.13. The average molecular weight is 359 g/mol. The Balaban J connectivity index is 1.69. The van der Waals surface area contributed by atoms with Gasteiger partial charge in [-0.05, 0) is 26.0 Å². The summed E-state index contributed by atoms with van der Waals surface area (Å²) in [4.78, 5) is 16.9. The molecule has 1 atom stereocenters. The predicted molar refractivity (Wildman–Crippen MR) is 98.5 cm³/mol. The van der Waals surface area contributed by atoms with Gasteiger partial charge in [0.1, 0.15) is 5.82 Å². The van der Waals surface area contributed by atoms with E-state index in [2.05, 4.69) is 27.1 Å². The molecule has 0 radical (unpaired) electrons. The van der Waals surface area contributed by atoms with Crippen molar-refractivity contribution < 1.29 is 4.79 Å². The van der Waals surface area contributed by atoms with Gasteiger partial charge in [-0.3, -0.25) is 4.79 Å². The molecular formula is C16H17N5OS2. The van der Waals surface area contributed by atoms with Crippen LogP contribution in [0.4, 0.5) is 5.13 Å². The number of benzene rings is 1. The Kier molecular flexibility index (Phi) is 4.96. The Morgan fingerprint density at radius 1 is 1.46 bits per heavy atom. The van der Waals surface area contributed by atoms with Crippen LogP contribution < -0.4 is 5.32 Å². The first-order valence-corrected chi connectivity index (χ1v) is 9.12. The van der Waals surface area contributed by atoms with Gasteiger partial charge in [0.15, 0.2) is 10.3 Å². The fraction of sp³-hybridized carbons (Fsp3) is 0.250. The van der Waals surface area contributed by atoms with E-state index in [1.807, 2.05) is 42.7 Å². The molecule has 1 N–H and O–H groups in total. The third kappa shape index (κ3) is 3.49. The number of thiazole rings is 1. The number of fused-ring (bicyclic) bond motifs is 1. The van der Waals surface area contributed by atoms with Crippen LogP contribution in [-0.2, 0) is 11.3 Å². The molecule has 0 spiro atoms. The normalized spacial score (nSPS) is 12.2. The number of nitrogens with zero attached hydrogens (tertiary/aromatic N) is 4. The molecule has 0 saturated heterocycles. The Labute approximate surface area is 148 Å². The molecule has 0 aliphatic rings. The van der Waals surface area contributed by atoms with Gasteiger partial charge >= 0.3 is 0 Å². The SMILES string of the molecule is C=CCn1c(C)nnc1SC(C)C(=O)Nc1nc2ccccc2s1. The Bertz CT molecular complexity index is 853. The summed E-state index contributed by atoms with van der Waals surface area (Å²) < 4.78 is 2.98. The first-order chi connectivity index (χ1) is 11.6. The molecule has 1 amide bonds. The van der Waals surface area contributed by atoms with Crippen LogP contribution in [0, 0.1) is 6.92 Å². The lowest BCUT2D eigenvalue weighted by Crippen LogP contribution is -2.22. The van der Waals surface area contributed by atoms with E-state index >= 15 is 0 Å². The number of allylic oxidation sites excluding steroid dienone is 1. The molecule has 0 aliphatic carbocycles. The number of aromatic nitrogens is 4. The summed E-state index contributed by atoms with van der Waals surface area (Å²) in [5.74, 6) is 0.695. The zero-order chi connectivity index (χ0) is 17.1. The summed E-state index contributed by atoms with van der Waals surface area (Å²) >= 11 is 2.84. The molecule has 1 aromatic carbocycles. The molecule has 0 aliphatic heterocycles. The minimum atomic E-state index is -0.316. The van der Waals surface area contributed by atoms with E-state index < -0.39 is 0 Å². The summed E-state index contributed by atoms with van der Waals surface area (Å²) in [5.41, 5.74) is 0.888. The smallest absolute Gasteiger partial charge is 0.239 e. The van der Waals surface area contributed by atoms with Crippen LogP contribution in [-0.4, -0.2) is 30.9 Å². The number of anilines is 1. The molecule has 1 unspecified atom stereocenters. The number of aryl methyl sites for hydroxylation is 1. The molecule has 2 aromatic heterocycles. The second-order valence-electron chi connectivity index (χ2n) is 5.17. The number of nitrogens with one attached hydrogen (secondary N) is 1. The molecule has 3 aromatic rings. The van der Waals surface area contributed by atoms with Gasteiger partial charge in [0.2, 0.25) is 5.91 Å². The van der Waals surface area contributed by atoms with E-state index in [-0.39, 0.29) is 11.2 Å². The first-order valence-electron chi connectivity index (χ1n) is 7.42. The van der Waals surface area contributed by atoms with Gasteiger partial charge in [-0.25, -0.2) is 4.98 Å². The molecule has 3 rings (SSSR count). The van der Waals surface area contributed by atoms with Gasteiger partial charge in [0.05, 0.1) is 15.5 Å². The van der Waals surface area contributed by atoms with Crippen LogP contribution in [0.1, 0.15) is 12.7 Å². The number of amides is 1. The summed E-state index contributed by atoms with van der Waals surface area (Å²) in [6, 6.07) is 7.81. The van der Waals surface area contributed by atoms with Crippen LogP contribution in [0.25, 0.3) is 10.2 Å². The highest BCUT2D eigenvalue weighted by molar-refractivity contribution is 8.00. The maximum Gasteiger partial charge on any atom is 0.239 e. The van der Waals surface area contributed by atoms with Gasteiger partial charge in [0, 0.05) is 6.54 Å². The first kappa shape index (κ1) is 16.7. The standard InChI is InChI=1S/C16H17N5OS2/c1-4-9-21-11(3)19-20-16(21)23-10(2)14(22)18-15-17-12-7-5-6-8-13(12)24-15/h4-8,10H,1,9H2,2-3H3,(H,17,18,22). The quantitative estimate of drug-likeness (QED) is 0.539. The monoisotopic (exact) mass is 359 g/mol. The number of hydrogen-bond acceptors (Lipinski definition) is 6. The number of hydrogen-bond donors (Lipinski definition) is 1. The minimum Gasteiger partial charge on any atom is -0.302 e. The van der Waals surface area contributed by atoms with Crippen molar-refractivity contribution in [1.82, 2.24) is 19.7 Å². The summed E-state index contributed by atoms with van der Waals surface area (Å²) in [5, 5.41) is 12.1. The van der Waals surface area contributed by atoms with Crippen LogP contribution in [0.15, 0.2) is 42.1 Å². The van der Waals surface area contributed by atoms with Gasteiger partial charge in [0.25, 0.3) is 0 Å². The van der Waals surface area contributed by atoms with Crippen molar-refractivity contribution in [2.45, 2.75) is 30.8 Å². The maximum atomic E-state index is 12.4. The van der Waals surface area contributed by atoms with Crippen LogP contribution in [0.3, 0.4) is 0 Å². The third-order valence-corrected chi connectivity index (χ3v) is 5.42. The largest absolute Gasteiger partial charge is 0.302 e. The van der Waals surface area contributed by atoms with Crippen LogP contribution >= 0.6 is 23.1 Å². The lowest BCUT2D eigenvalue weighted by Gasteiger charge is -2.11. The second-order valence-corrected chi connectivity index (χ2v) is 7.50. The van der Waals surface area contributed by atoms with Crippen LogP contribution in [0.2, 0.25) is 0 Å². The zero-order valence-electron chi connectivity index (χ0n) is 13.4. The number of rotatable bonds is 6. The maximum absolute atomic E-state index is 12.4. The topological polar surface area (TPSA) is 72.7 Å². The average Bonchev–Trinajstić information content (AvgIpc) is 3.12. The number of para-hydroxylation sites is 1. The van der Waals surface area contributed by atoms with Crippen molar-refractivity contribution in [3.63, 3.8) is 0 Å². The molecule has 8 heteroatoms. The van der Waals surface area contributed by atoms with Gasteiger partial charge < -0.3 is 9.88 Å². The number of carbonyl (C=O) groups is 1. The highest BCUT2D eigenvalue weighted by Gasteiger charge is 2.20. The zero-order valence-corrected chi connectivity index (χ0v) is 15.0. The van der Waals surface area contributed by atoms with Crippen molar-refractivity contribution in [3.05, 3.63) is 42.7 Å². The molecule has 124 valence electrons. The lowest BCUT2D eigenvalue weighted by atomic mass is 10.3. The van der Waals surface area contributed by atoms with E-state index in [0.29, 0.717) is 16.8 Å². The number of thioether (sulfide) groups is 1. The molecule has 6 nitrogen and oxygen atoms in total. The third-order valence-electron chi connectivity index (χ3n) is 3.39. The van der Waals surface area contributed by atoms with E-state index in [4.69, 9.17) is 0 Å². The van der Waals surface area contributed by atoms with Gasteiger partial charge in [-0.2, -0.15) is 0 Å². The van der Waals surface area contributed by atoms with Crippen molar-refractivity contribution in [2.24, 2.45) is 0 Å². The van der Waals surface area contributed by atoms with Crippen molar-refractivity contribution in [1.29, 1.82) is 0 Å². The van der Waals surface area contributed by atoms with Crippen molar-refractivity contribution in [2.75, 3.05) is 5.32 Å². The van der Waals surface area contributed by atoms with E-state index in [1.54, 1.807) is 6.08 Å². The van der Waals surface area contributed by atoms with Crippen molar-refractivity contribution >= 4 is 44.4 Å². The van der Waals surface area contributed by atoms with Gasteiger partial charge in [-0.1, -0.05) is 41.3 Å². The minimum absolute atomic E-state index is 0.107. The second kappa shape index (κ2) is 7.14. The van der Waals surface area contributed by atoms with E-state index in [0.717, 1.165) is 16.0 Å². The summed E-state index contributed by atoms with van der Waals surface area (Å²) in [7, 11) is 0. The van der Waals surface area contributed by atoms with E-state index in [1.165, 1.54) is 23.1 Å². The molecule has 0 fully saturated rings. The predicted octanol–water partition coefficient (Wildman–Crippen LogP) is 3.50. The Morgan fingerprint density at radius 2 is 2.25 bits per heavy atom. The fourth-order valence-corrected chi connectivity index (χ4v) is 3.91. The Morgan fingerprint density at radius 3 is 3.00 bits per heavy atom. The lowest BCUT2D eigenvalue weighted by molar-refractivity contribution is -0.115. The van der Waals surface area contributed by atoms with Crippen LogP contribution in [0.5, 0.6) is 0 Å². The summed E-state index contributed by atoms with van der Waals surface area (Å²) in [6.07, 6.45) is 1.78. The van der Waals surface area contributed by atoms with Crippen molar-refractivity contribution in [3.8, 4) is 0 Å². The van der Waals surface area contributed by atoms with E-state index in [9.17, 15) is 4.79 Å². The summed E-state index contributed by atoms with van der Waals surface area (Å²) in [6.45, 7) is 8.08. The number of carbonyl (C=O) groups excluding carboxylic acids is 1. The molecule has 0 bridgehead atoms.